The summed E-state index contributed by atoms with van der Waals surface area (Å²) in [5.41, 5.74) is 10.1. The Balaban J connectivity index is 3.35. The minimum absolute atomic E-state index is 0.00547. The first kappa shape index (κ1) is 45.3. The molecule has 0 bridgehead atoms. The molecule has 23 heteroatoms. The summed E-state index contributed by atoms with van der Waals surface area (Å²) in [6, 6.07) is -3.91. The van der Waals surface area contributed by atoms with Crippen LogP contribution >= 0.6 is 0 Å². The van der Waals surface area contributed by atoms with E-state index >= 15 is 0 Å². The fourth-order valence-electron chi connectivity index (χ4n) is 4.61. The number of nitrogens with zero attached hydrogens (tertiary/aromatic N) is 1. The molecule has 0 unspecified atom stereocenters. The topological polar surface area (TPSA) is 379 Å². The van der Waals surface area contributed by atoms with Gasteiger partial charge in [-0.3, -0.25) is 58.1 Å². The van der Waals surface area contributed by atoms with E-state index in [2.05, 4.69) is 31.9 Å². The quantitative estimate of drug-likeness (QED) is 0.0395. The summed E-state index contributed by atoms with van der Waals surface area (Å²) in [6.07, 6.45) is -4.10. The van der Waals surface area contributed by atoms with Crippen molar-refractivity contribution >= 4 is 70.6 Å². The maximum absolute atomic E-state index is 13.5. The molecule has 23 nitrogen and oxygen atoms in total. The molecule has 1 rings (SSSR count). The molecule has 5 atom stereocenters. The number of hydrogen-bond donors (Lipinski definition) is 10. The first-order valence-electron chi connectivity index (χ1n) is 16.1. The Morgan fingerprint density at radius 3 is 1.41 bits per heavy atom. The van der Waals surface area contributed by atoms with E-state index in [4.69, 9.17) is 11.5 Å². The molecule has 0 heterocycles. The molecule has 1 aromatic carbocycles. The van der Waals surface area contributed by atoms with Crippen LogP contribution in [0.2, 0.25) is 0 Å². The van der Waals surface area contributed by atoms with E-state index in [1.165, 1.54) is 0 Å². The van der Waals surface area contributed by atoms with Crippen LogP contribution in [0.5, 0.6) is 0 Å². The molecule has 0 aliphatic carbocycles. The van der Waals surface area contributed by atoms with Gasteiger partial charge in [-0.2, -0.15) is 0 Å². The van der Waals surface area contributed by atoms with Crippen LogP contribution in [0, 0.1) is 16.0 Å². The largest absolute Gasteiger partial charge is 0.481 e. The molecule has 0 spiro atoms. The second-order valence-corrected chi connectivity index (χ2v) is 12.2. The number of aliphatic carboxylic acids is 2. The molecule has 0 aliphatic rings. The van der Waals surface area contributed by atoms with Crippen LogP contribution in [0.15, 0.2) is 24.3 Å². The smallest absolute Gasteiger partial charge is 0.305 e. The first-order chi connectivity index (χ1) is 25.1. The van der Waals surface area contributed by atoms with Crippen molar-refractivity contribution in [3.63, 3.8) is 0 Å². The Morgan fingerprint density at radius 2 is 1.04 bits per heavy atom. The number of benzene rings is 1. The molecule has 8 amide bonds. The Kier molecular flexibility index (Phi) is 18.2. The number of nitro benzene ring substituents is 1. The number of carbonyl (C=O) groups excluding carboxylic acids is 8. The number of hydrogen-bond acceptors (Lipinski definition) is 12. The molecule has 296 valence electrons. The Labute approximate surface area is 306 Å². The highest BCUT2D eigenvalue weighted by Crippen LogP contribution is 2.16. The van der Waals surface area contributed by atoms with Gasteiger partial charge < -0.3 is 53.6 Å². The average molecular weight is 766 g/mol. The third-order valence-corrected chi connectivity index (χ3v) is 7.30. The number of carboxylic acids is 2. The summed E-state index contributed by atoms with van der Waals surface area (Å²) >= 11 is 0. The maximum Gasteiger partial charge on any atom is 0.305 e. The number of carbonyl (C=O) groups is 10. The first-order valence-corrected chi connectivity index (χ1v) is 16.1. The van der Waals surface area contributed by atoms with Gasteiger partial charge in [-0.25, -0.2) is 0 Å². The van der Waals surface area contributed by atoms with Gasteiger partial charge in [-0.05, 0) is 30.9 Å². The van der Waals surface area contributed by atoms with Crippen LogP contribution in [0.3, 0.4) is 0 Å². The predicted octanol–water partition coefficient (Wildman–Crippen LogP) is -2.89. The van der Waals surface area contributed by atoms with E-state index in [1.54, 1.807) is 13.8 Å². The van der Waals surface area contributed by atoms with Crippen LogP contribution in [0.1, 0.15) is 59.3 Å². The van der Waals surface area contributed by atoms with Crippen molar-refractivity contribution < 1.29 is 63.1 Å². The van der Waals surface area contributed by atoms with Gasteiger partial charge in [0.2, 0.25) is 47.3 Å². The lowest BCUT2D eigenvalue weighted by molar-refractivity contribution is -0.384. The number of anilines is 1. The number of carboxylic acid groups (broad SMARTS) is 2. The van der Waals surface area contributed by atoms with E-state index in [0.717, 1.165) is 31.2 Å². The van der Waals surface area contributed by atoms with Crippen molar-refractivity contribution in [1.29, 1.82) is 0 Å². The van der Waals surface area contributed by atoms with E-state index < -0.39 is 139 Å². The number of nitro groups is 1. The number of primary amides is 2. The summed E-state index contributed by atoms with van der Waals surface area (Å²) < 4.78 is 0. The third-order valence-electron chi connectivity index (χ3n) is 7.30. The minimum atomic E-state index is -1.83. The van der Waals surface area contributed by atoms with Gasteiger partial charge >= 0.3 is 11.9 Å². The zero-order chi connectivity index (χ0) is 41.3. The molecule has 0 aromatic heterocycles. The summed E-state index contributed by atoms with van der Waals surface area (Å²) in [6.45, 7) is 4.26. The molecule has 0 saturated heterocycles. The van der Waals surface area contributed by atoms with E-state index in [0.29, 0.717) is 0 Å². The molecule has 12 N–H and O–H groups in total. The average Bonchev–Trinajstić information content (AvgIpc) is 3.05. The maximum atomic E-state index is 13.5. The second-order valence-electron chi connectivity index (χ2n) is 12.2. The highest BCUT2D eigenvalue weighted by atomic mass is 16.6. The zero-order valence-electron chi connectivity index (χ0n) is 29.4. The summed E-state index contributed by atoms with van der Waals surface area (Å²) in [7, 11) is 0. The van der Waals surface area contributed by atoms with Gasteiger partial charge in [0.05, 0.1) is 17.8 Å². The van der Waals surface area contributed by atoms with Crippen LogP contribution < -0.4 is 43.4 Å². The van der Waals surface area contributed by atoms with Gasteiger partial charge in [0.1, 0.15) is 30.2 Å². The Hall–Kier alpha value is -6.68. The summed E-state index contributed by atoms with van der Waals surface area (Å²) in [4.78, 5) is 134. The molecule has 0 aliphatic heterocycles. The Bertz CT molecular complexity index is 1620. The standard InChI is InChI=1S/C31H43N9O14/c1-14(2)26(34-15(3)41)31(52)39-21(13-25(46)47)30(51)37-18(8-10-22(32)42)27(48)36-19(9-11-23(33)43)28(49)38-20(12-24(44)45)29(50)35-16-4-6-17(7-5-16)40(53)54/h4-7,14,18-21,26H,8-13H2,1-3H3,(H2,32,42)(H2,33,43)(H,34,41)(H,35,50)(H,36,48)(H,37,51)(H,38,49)(H,39,52)(H,44,45)(H,46,47)/t18-,19-,20-,21-,26-/m0/s1. The van der Waals surface area contributed by atoms with Crippen molar-refractivity contribution in [3.8, 4) is 0 Å². The lowest BCUT2D eigenvalue weighted by Crippen LogP contribution is -2.59. The van der Waals surface area contributed by atoms with Crippen molar-refractivity contribution in [2.75, 3.05) is 5.32 Å². The lowest BCUT2D eigenvalue weighted by Gasteiger charge is -2.27. The number of rotatable bonds is 23. The van der Waals surface area contributed by atoms with Crippen molar-refractivity contribution in [2.45, 2.75) is 89.5 Å². The number of non-ortho nitro benzene ring substituents is 1. The number of nitrogens with one attached hydrogen (secondary N) is 6. The molecule has 0 radical (unpaired) electrons. The van der Waals surface area contributed by atoms with Crippen LogP contribution in [0.4, 0.5) is 11.4 Å². The molecule has 54 heavy (non-hydrogen) atoms. The third kappa shape index (κ3) is 16.6. The van der Waals surface area contributed by atoms with Crippen LogP contribution in [-0.2, 0) is 47.9 Å². The fourth-order valence-corrected chi connectivity index (χ4v) is 4.61. The van der Waals surface area contributed by atoms with Gasteiger partial charge in [-0.1, -0.05) is 13.8 Å². The highest BCUT2D eigenvalue weighted by Gasteiger charge is 2.34. The monoisotopic (exact) mass is 765 g/mol. The lowest BCUT2D eigenvalue weighted by atomic mass is 10.0. The zero-order valence-corrected chi connectivity index (χ0v) is 29.4. The second kappa shape index (κ2) is 21.6. The SMILES string of the molecule is CC(=O)N[C@H](C(=O)N[C@@H](CC(=O)O)C(=O)N[C@@H](CCC(N)=O)C(=O)N[C@@H](CCC(N)=O)C(=O)N[C@@H](CC(=O)O)C(=O)Nc1ccc([N+](=O)[O-])cc1)C(C)C. The van der Waals surface area contributed by atoms with E-state index in [9.17, 15) is 68.3 Å². The van der Waals surface area contributed by atoms with Crippen LogP contribution in [-0.4, -0.2) is 105 Å². The highest BCUT2D eigenvalue weighted by molar-refractivity contribution is 6.01. The molecule has 0 saturated carbocycles. The summed E-state index contributed by atoms with van der Waals surface area (Å²) in [5.74, 6) is -11.7. The van der Waals surface area contributed by atoms with Gasteiger partial charge in [-0.15, -0.1) is 0 Å². The minimum Gasteiger partial charge on any atom is -0.481 e. The predicted molar refractivity (Wildman–Crippen MR) is 183 cm³/mol. The van der Waals surface area contributed by atoms with Gasteiger partial charge in [0.25, 0.3) is 5.69 Å². The Morgan fingerprint density at radius 1 is 0.648 bits per heavy atom. The van der Waals surface area contributed by atoms with E-state index in [1.807, 2.05) is 0 Å². The normalized spacial score (nSPS) is 13.4. The van der Waals surface area contributed by atoms with Gasteiger partial charge in [0.15, 0.2) is 0 Å². The number of amides is 8. The van der Waals surface area contributed by atoms with E-state index in [-0.39, 0.29) is 11.4 Å². The fraction of sp³-hybridized carbons (Fsp3) is 0.484. The van der Waals surface area contributed by atoms with Crippen molar-refractivity contribution in [2.24, 2.45) is 17.4 Å². The van der Waals surface area contributed by atoms with Crippen LogP contribution in [0.25, 0.3) is 0 Å². The number of nitrogens with two attached hydrogens (primary N) is 2. The molecular formula is C31H43N9O14. The molecule has 1 aromatic rings. The molecule has 0 fully saturated rings. The van der Waals surface area contributed by atoms with Gasteiger partial charge in [0, 0.05) is 37.6 Å². The summed E-state index contributed by atoms with van der Waals surface area (Å²) in [5, 5.41) is 43.1. The van der Waals surface area contributed by atoms with Crippen molar-refractivity contribution in [1.82, 2.24) is 26.6 Å². The molecular weight excluding hydrogens is 722 g/mol. The van der Waals surface area contributed by atoms with Crippen molar-refractivity contribution in [3.05, 3.63) is 34.4 Å².